The van der Waals surface area contributed by atoms with E-state index in [2.05, 4.69) is 0 Å². The molecular weight excluding hydrogens is 92.1 g/mol. The number of hydrazine groups is 1. The van der Waals surface area contributed by atoms with Crippen LogP contribution in [0.25, 0.3) is 0 Å². The fraction of sp³-hybridized carbons (Fsp3) is 0. The van der Waals surface area contributed by atoms with Crippen LogP contribution >= 0.6 is 0 Å². The van der Waals surface area contributed by atoms with Crippen LogP contribution in [-0.4, -0.2) is 8.42 Å². The molecule has 0 aromatic carbocycles. The van der Waals surface area contributed by atoms with Crippen molar-refractivity contribution in [1.29, 1.82) is 0 Å². The van der Waals surface area contributed by atoms with E-state index in [0.29, 0.717) is 0 Å². The topological polar surface area (TPSA) is 78.0 Å². The molecule has 1 rings (SSSR count). The van der Waals surface area contributed by atoms with E-state index in [-0.39, 0.29) is 0 Å². The number of nitrogens with one attached hydrogen (secondary N) is 2. The van der Waals surface area contributed by atoms with Crippen molar-refractivity contribution in [2.75, 3.05) is 0 Å². The molecule has 1 aliphatic heterocycles. The lowest BCUT2D eigenvalue weighted by atomic mass is 13.0. The molecule has 0 aromatic rings. The van der Waals surface area contributed by atoms with Crippen molar-refractivity contribution in [1.82, 2.24) is 9.66 Å². The van der Waals surface area contributed by atoms with Gasteiger partial charge < -0.3 is 0 Å². The van der Waals surface area contributed by atoms with Gasteiger partial charge in [0, 0.05) is 0 Å². The summed E-state index contributed by atoms with van der Waals surface area (Å²) >= 11 is 0. The summed E-state index contributed by atoms with van der Waals surface area (Å²) in [6, 6.07) is 0. The third-order valence-electron chi connectivity index (χ3n) is 0.269. The van der Waals surface area contributed by atoms with Crippen LogP contribution in [0.2, 0.25) is 0 Å². The van der Waals surface area contributed by atoms with E-state index in [9.17, 15) is 8.42 Å². The Balaban J connectivity index is 3.15. The largest absolute Gasteiger partial charge is 0.304 e. The molecule has 2 N–H and O–H groups in total. The second-order valence-electron chi connectivity index (χ2n) is 0.708. The van der Waals surface area contributed by atoms with E-state index >= 15 is 0 Å². The van der Waals surface area contributed by atoms with Gasteiger partial charge in [-0.1, -0.05) is 0 Å². The monoisotopic (exact) mass is 94.0 g/mol. The number of hydrogen-bond donors (Lipinski definition) is 2. The quantitative estimate of drug-likeness (QED) is 0.352. The molecule has 0 spiro atoms. The van der Waals surface area contributed by atoms with Gasteiger partial charge in [0.05, 0.1) is 0 Å². The molecule has 0 amide bonds. The van der Waals surface area contributed by atoms with Gasteiger partial charge in [0.2, 0.25) is 0 Å². The average Bonchev–Trinajstić information content (AvgIpc) is 1.76. The maximum Gasteiger partial charge on any atom is 0.304 e. The Hall–Kier alpha value is -0.130. The summed E-state index contributed by atoms with van der Waals surface area (Å²) in [5.41, 5.74) is 0. The van der Waals surface area contributed by atoms with Crippen LogP contribution in [0.15, 0.2) is 0 Å². The van der Waals surface area contributed by atoms with Crippen molar-refractivity contribution >= 4 is 10.2 Å². The summed E-state index contributed by atoms with van der Waals surface area (Å²) in [6.45, 7) is 0. The number of hydrogen-bond acceptors (Lipinski definition) is 2. The molecule has 5 heteroatoms. The zero-order chi connectivity index (χ0) is 3.91. The van der Waals surface area contributed by atoms with Crippen LogP contribution in [0.5, 0.6) is 0 Å². The average molecular weight is 94.1 g/mol. The van der Waals surface area contributed by atoms with Crippen LogP contribution in [0.3, 0.4) is 0 Å². The van der Waals surface area contributed by atoms with E-state index in [1.807, 2.05) is 9.66 Å². The van der Waals surface area contributed by atoms with Gasteiger partial charge in [-0.05, 0) is 0 Å². The molecule has 30 valence electrons. The molecular formula is H2N2O2S. The molecule has 5 heavy (non-hydrogen) atoms. The Labute approximate surface area is 29.3 Å². The highest BCUT2D eigenvalue weighted by atomic mass is 32.2. The van der Waals surface area contributed by atoms with E-state index in [1.54, 1.807) is 0 Å². The molecule has 0 unspecified atom stereocenters. The third kappa shape index (κ3) is 0.571. The van der Waals surface area contributed by atoms with E-state index in [1.165, 1.54) is 0 Å². The third-order valence-corrected chi connectivity index (χ3v) is 0.806. The van der Waals surface area contributed by atoms with Crippen molar-refractivity contribution in [3.05, 3.63) is 0 Å². The van der Waals surface area contributed by atoms with Crippen LogP contribution < -0.4 is 9.66 Å². The van der Waals surface area contributed by atoms with Gasteiger partial charge in [-0.3, -0.25) is 0 Å². The molecule has 0 aliphatic carbocycles. The molecule has 0 bridgehead atoms. The van der Waals surface area contributed by atoms with Crippen LogP contribution in [0, 0.1) is 0 Å². The lowest BCUT2D eigenvalue weighted by molar-refractivity contribution is 0.611. The Kier molecular flexibility index (Phi) is 0.317. The second kappa shape index (κ2) is 0.515. The van der Waals surface area contributed by atoms with Crippen LogP contribution in [-0.2, 0) is 10.2 Å². The van der Waals surface area contributed by atoms with Gasteiger partial charge in [0.1, 0.15) is 0 Å². The van der Waals surface area contributed by atoms with Gasteiger partial charge in [-0.2, -0.15) is 8.42 Å². The zero-order valence-corrected chi connectivity index (χ0v) is 3.04. The summed E-state index contributed by atoms with van der Waals surface area (Å²) < 4.78 is 19.0. The highest BCUT2D eigenvalue weighted by molar-refractivity contribution is 7.93. The zero-order valence-electron chi connectivity index (χ0n) is 2.22. The summed E-state index contributed by atoms with van der Waals surface area (Å²) in [6.07, 6.45) is 0. The molecule has 1 saturated heterocycles. The Morgan fingerprint density at radius 1 is 1.20 bits per heavy atom. The molecule has 1 fully saturated rings. The molecule has 0 radical (unpaired) electrons. The summed E-state index contributed by atoms with van der Waals surface area (Å²) in [5.74, 6) is 0. The molecule has 0 saturated carbocycles. The number of rotatable bonds is 0. The molecule has 0 atom stereocenters. The first-order valence-electron chi connectivity index (χ1n) is 0.992. The van der Waals surface area contributed by atoms with Gasteiger partial charge in [0.25, 0.3) is 0 Å². The van der Waals surface area contributed by atoms with Gasteiger partial charge in [-0.15, -0.1) is 9.66 Å². The van der Waals surface area contributed by atoms with Crippen molar-refractivity contribution in [3.8, 4) is 0 Å². The highest BCUT2D eigenvalue weighted by Crippen LogP contribution is 1.80. The maximum atomic E-state index is 9.52. The molecule has 1 heterocycles. The summed E-state index contributed by atoms with van der Waals surface area (Å²) in [4.78, 5) is 3.79. The first-order chi connectivity index (χ1) is 2.21. The van der Waals surface area contributed by atoms with Crippen LogP contribution in [0.1, 0.15) is 0 Å². The van der Waals surface area contributed by atoms with Crippen molar-refractivity contribution in [2.24, 2.45) is 0 Å². The maximum absolute atomic E-state index is 9.52. The molecule has 4 nitrogen and oxygen atoms in total. The Morgan fingerprint density at radius 3 is 1.40 bits per heavy atom. The minimum atomic E-state index is -2.92. The molecule has 0 aromatic heterocycles. The predicted octanol–water partition coefficient (Wildman–Crippen LogP) is -1.66. The normalized spacial score (nSPS) is 29.6. The van der Waals surface area contributed by atoms with Crippen molar-refractivity contribution in [3.63, 3.8) is 0 Å². The van der Waals surface area contributed by atoms with Gasteiger partial charge >= 0.3 is 10.2 Å². The fourth-order valence-electron chi connectivity index (χ4n) is 0.0340. The van der Waals surface area contributed by atoms with Gasteiger partial charge in [0.15, 0.2) is 0 Å². The van der Waals surface area contributed by atoms with E-state index < -0.39 is 10.2 Å². The Morgan fingerprint density at radius 2 is 1.40 bits per heavy atom. The second-order valence-corrected chi connectivity index (χ2v) is 2.12. The fourth-order valence-corrected chi connectivity index (χ4v) is 0.306. The lowest BCUT2D eigenvalue weighted by Crippen LogP contribution is -1.72. The standard InChI is InChI=1S/H2N2O2S/c3-5(4)1-2-5/h1-2H. The smallest absolute Gasteiger partial charge is 0.193 e. The first-order valence-corrected chi connectivity index (χ1v) is 2.47. The van der Waals surface area contributed by atoms with Gasteiger partial charge in [-0.25, -0.2) is 0 Å². The summed E-state index contributed by atoms with van der Waals surface area (Å²) in [5, 5.41) is 0. The van der Waals surface area contributed by atoms with E-state index in [4.69, 9.17) is 0 Å². The summed E-state index contributed by atoms with van der Waals surface area (Å²) in [7, 11) is -2.92. The van der Waals surface area contributed by atoms with Crippen molar-refractivity contribution in [2.45, 2.75) is 0 Å². The predicted molar refractivity (Wildman–Crippen MR) is 15.2 cm³/mol. The minimum Gasteiger partial charge on any atom is -0.193 e. The van der Waals surface area contributed by atoms with E-state index in [0.717, 1.165) is 0 Å². The molecule has 1 aliphatic rings. The SMILES string of the molecule is O=S1(=O)NN1. The minimum absolute atomic E-state index is 1.90. The highest BCUT2D eigenvalue weighted by Gasteiger charge is 2.22. The van der Waals surface area contributed by atoms with Crippen molar-refractivity contribution < 1.29 is 8.42 Å². The Bertz CT molecular complexity index is 111. The van der Waals surface area contributed by atoms with Crippen LogP contribution in [0.4, 0.5) is 0 Å². The first kappa shape index (κ1) is 3.08. The lowest BCUT2D eigenvalue weighted by Gasteiger charge is -1.40.